The molecule has 5 N–H and O–H groups in total. The Morgan fingerprint density at radius 1 is 1.57 bits per heavy atom. The molecule has 0 spiro atoms. The SMILES string of the molecule is CC(N)(C(=O)O)c1ccc(Br)cc1N. The minimum Gasteiger partial charge on any atom is -0.480 e. The molecule has 0 bridgehead atoms. The quantitative estimate of drug-likeness (QED) is 0.698. The average Bonchev–Trinajstić information content (AvgIpc) is 2.02. The van der Waals surface area contributed by atoms with Crippen LogP contribution >= 0.6 is 15.9 Å². The van der Waals surface area contributed by atoms with Gasteiger partial charge in [-0.15, -0.1) is 0 Å². The van der Waals surface area contributed by atoms with Gasteiger partial charge in [-0.2, -0.15) is 0 Å². The van der Waals surface area contributed by atoms with Crippen LogP contribution in [-0.4, -0.2) is 11.1 Å². The number of hydrogen-bond acceptors (Lipinski definition) is 3. The number of rotatable bonds is 2. The van der Waals surface area contributed by atoms with E-state index in [2.05, 4.69) is 15.9 Å². The number of anilines is 1. The molecule has 1 atom stereocenters. The highest BCUT2D eigenvalue weighted by molar-refractivity contribution is 9.10. The normalized spacial score (nSPS) is 14.8. The molecule has 0 fully saturated rings. The molecular formula is C9H11BrN2O2. The second-order valence-corrected chi connectivity index (χ2v) is 4.15. The summed E-state index contributed by atoms with van der Waals surface area (Å²) in [4.78, 5) is 10.9. The molecule has 1 rings (SSSR count). The Hall–Kier alpha value is -1.07. The number of carboxylic acids is 1. The molecule has 0 aliphatic heterocycles. The Balaban J connectivity index is 3.26. The lowest BCUT2D eigenvalue weighted by molar-refractivity contribution is -0.143. The zero-order chi connectivity index (χ0) is 10.9. The molecule has 1 unspecified atom stereocenters. The van der Waals surface area contributed by atoms with Crippen LogP contribution < -0.4 is 11.5 Å². The largest absolute Gasteiger partial charge is 0.480 e. The van der Waals surface area contributed by atoms with Gasteiger partial charge in [-0.3, -0.25) is 0 Å². The summed E-state index contributed by atoms with van der Waals surface area (Å²) in [5.74, 6) is -1.11. The summed E-state index contributed by atoms with van der Waals surface area (Å²) in [5, 5.41) is 8.90. The van der Waals surface area contributed by atoms with Crippen molar-refractivity contribution in [1.82, 2.24) is 0 Å². The zero-order valence-corrected chi connectivity index (χ0v) is 9.21. The summed E-state index contributed by atoms with van der Waals surface area (Å²) in [6, 6.07) is 4.94. The van der Waals surface area contributed by atoms with E-state index in [0.717, 1.165) is 4.47 Å². The van der Waals surface area contributed by atoms with E-state index in [4.69, 9.17) is 16.6 Å². The fourth-order valence-corrected chi connectivity index (χ4v) is 1.50. The molecule has 0 saturated heterocycles. The second kappa shape index (κ2) is 3.59. The molecule has 0 amide bonds. The van der Waals surface area contributed by atoms with Crippen molar-refractivity contribution < 1.29 is 9.90 Å². The molecule has 0 saturated carbocycles. The number of carbonyl (C=O) groups is 1. The standard InChI is InChI=1S/C9H11BrN2O2/c1-9(12,8(13)14)6-3-2-5(10)4-7(6)11/h2-4H,11-12H2,1H3,(H,13,14). The predicted octanol–water partition coefficient (Wildman–Crippen LogP) is 1.29. The number of nitrogens with two attached hydrogens (primary N) is 2. The maximum atomic E-state index is 10.9. The average molecular weight is 259 g/mol. The smallest absolute Gasteiger partial charge is 0.328 e. The molecule has 1 aromatic rings. The lowest BCUT2D eigenvalue weighted by Crippen LogP contribution is -2.42. The van der Waals surface area contributed by atoms with Gasteiger partial charge in [0.2, 0.25) is 0 Å². The van der Waals surface area contributed by atoms with Gasteiger partial charge in [0, 0.05) is 15.7 Å². The van der Waals surface area contributed by atoms with Crippen molar-refractivity contribution in [3.63, 3.8) is 0 Å². The van der Waals surface area contributed by atoms with Crippen LogP contribution in [0.3, 0.4) is 0 Å². The maximum Gasteiger partial charge on any atom is 0.328 e. The first-order valence-corrected chi connectivity index (χ1v) is 4.73. The van der Waals surface area contributed by atoms with E-state index in [-0.39, 0.29) is 0 Å². The van der Waals surface area contributed by atoms with Gasteiger partial charge in [0.05, 0.1) is 0 Å². The van der Waals surface area contributed by atoms with Crippen molar-refractivity contribution in [2.24, 2.45) is 5.73 Å². The summed E-state index contributed by atoms with van der Waals surface area (Å²) in [6.45, 7) is 1.41. The Morgan fingerprint density at radius 3 is 2.57 bits per heavy atom. The van der Waals surface area contributed by atoms with Gasteiger partial charge in [0.1, 0.15) is 5.54 Å². The highest BCUT2D eigenvalue weighted by Gasteiger charge is 2.31. The van der Waals surface area contributed by atoms with E-state index >= 15 is 0 Å². The molecule has 76 valence electrons. The van der Waals surface area contributed by atoms with Crippen molar-refractivity contribution in [3.05, 3.63) is 28.2 Å². The number of halogens is 1. The maximum absolute atomic E-state index is 10.9. The third kappa shape index (κ3) is 1.88. The number of nitrogen functional groups attached to an aromatic ring is 1. The van der Waals surface area contributed by atoms with Crippen molar-refractivity contribution in [3.8, 4) is 0 Å². The van der Waals surface area contributed by atoms with Gasteiger partial charge in [0.15, 0.2) is 0 Å². The minimum atomic E-state index is -1.45. The number of benzene rings is 1. The first kappa shape index (κ1) is 11.0. The molecule has 0 aromatic heterocycles. The van der Waals surface area contributed by atoms with Gasteiger partial charge >= 0.3 is 5.97 Å². The van der Waals surface area contributed by atoms with E-state index in [1.165, 1.54) is 6.92 Å². The summed E-state index contributed by atoms with van der Waals surface area (Å²) >= 11 is 3.23. The molecule has 5 heteroatoms. The summed E-state index contributed by atoms with van der Waals surface area (Å²) in [7, 11) is 0. The third-order valence-electron chi connectivity index (χ3n) is 2.02. The topological polar surface area (TPSA) is 89.3 Å². The van der Waals surface area contributed by atoms with Crippen molar-refractivity contribution >= 4 is 27.6 Å². The molecule has 4 nitrogen and oxygen atoms in total. The van der Waals surface area contributed by atoms with E-state index in [1.54, 1.807) is 18.2 Å². The minimum absolute atomic E-state index is 0.367. The lowest BCUT2D eigenvalue weighted by Gasteiger charge is -2.21. The molecule has 0 aliphatic rings. The highest BCUT2D eigenvalue weighted by Crippen LogP contribution is 2.27. The highest BCUT2D eigenvalue weighted by atomic mass is 79.9. The third-order valence-corrected chi connectivity index (χ3v) is 2.51. The van der Waals surface area contributed by atoms with Crippen molar-refractivity contribution in [1.29, 1.82) is 0 Å². The summed E-state index contributed by atoms with van der Waals surface area (Å²) < 4.78 is 0.792. The van der Waals surface area contributed by atoms with Crippen LogP contribution in [-0.2, 0) is 10.3 Å². The van der Waals surface area contributed by atoms with Gasteiger partial charge in [-0.1, -0.05) is 22.0 Å². The van der Waals surface area contributed by atoms with Crippen LogP contribution in [0.5, 0.6) is 0 Å². The van der Waals surface area contributed by atoms with E-state index in [0.29, 0.717) is 11.3 Å². The second-order valence-electron chi connectivity index (χ2n) is 3.24. The van der Waals surface area contributed by atoms with Gasteiger partial charge in [0.25, 0.3) is 0 Å². The van der Waals surface area contributed by atoms with Gasteiger partial charge in [-0.05, 0) is 19.1 Å². The zero-order valence-electron chi connectivity index (χ0n) is 7.62. The van der Waals surface area contributed by atoms with Crippen LogP contribution in [0.2, 0.25) is 0 Å². The lowest BCUT2D eigenvalue weighted by atomic mass is 9.92. The first-order valence-electron chi connectivity index (χ1n) is 3.93. The molecular weight excluding hydrogens is 248 g/mol. The fraction of sp³-hybridized carbons (Fsp3) is 0.222. The van der Waals surface area contributed by atoms with Crippen LogP contribution in [0, 0.1) is 0 Å². The van der Waals surface area contributed by atoms with E-state index < -0.39 is 11.5 Å². The van der Waals surface area contributed by atoms with Crippen molar-refractivity contribution in [2.45, 2.75) is 12.5 Å². The predicted molar refractivity (Wildman–Crippen MR) is 57.7 cm³/mol. The molecule has 0 heterocycles. The Morgan fingerprint density at radius 2 is 2.14 bits per heavy atom. The van der Waals surface area contributed by atoms with E-state index in [1.807, 2.05) is 0 Å². The number of carboxylic acid groups (broad SMARTS) is 1. The van der Waals surface area contributed by atoms with Gasteiger partial charge in [-0.25, -0.2) is 4.79 Å². The monoisotopic (exact) mass is 258 g/mol. The molecule has 0 radical (unpaired) electrons. The molecule has 14 heavy (non-hydrogen) atoms. The van der Waals surface area contributed by atoms with Crippen molar-refractivity contribution in [2.75, 3.05) is 5.73 Å². The summed E-state index contributed by atoms with van der Waals surface area (Å²) in [5.41, 5.74) is 10.6. The van der Waals surface area contributed by atoms with Crippen LogP contribution in [0.25, 0.3) is 0 Å². The molecule has 1 aromatic carbocycles. The first-order chi connectivity index (χ1) is 6.35. The van der Waals surface area contributed by atoms with Gasteiger partial charge < -0.3 is 16.6 Å². The molecule has 0 aliphatic carbocycles. The summed E-state index contributed by atoms with van der Waals surface area (Å²) in [6.07, 6.45) is 0. The van der Waals surface area contributed by atoms with Crippen LogP contribution in [0.15, 0.2) is 22.7 Å². The number of hydrogen-bond donors (Lipinski definition) is 3. The number of aliphatic carboxylic acids is 1. The Bertz CT molecular complexity index is 377. The Kier molecular flexibility index (Phi) is 2.82. The van der Waals surface area contributed by atoms with Crippen LogP contribution in [0.4, 0.5) is 5.69 Å². The van der Waals surface area contributed by atoms with E-state index in [9.17, 15) is 4.79 Å². The fourth-order valence-electron chi connectivity index (χ4n) is 1.12. The Labute approximate surface area is 90.0 Å². The van der Waals surface area contributed by atoms with Crippen LogP contribution in [0.1, 0.15) is 12.5 Å².